The molecule has 1 heterocycles. The van der Waals surface area contributed by atoms with Crippen LogP contribution in [-0.2, 0) is 21.3 Å². The third-order valence-electron chi connectivity index (χ3n) is 5.08. The Morgan fingerprint density at radius 2 is 1.67 bits per heavy atom. The molecular weight excluding hydrogens is 442 g/mol. The summed E-state index contributed by atoms with van der Waals surface area (Å²) in [5.41, 5.74) is 1.67. The van der Waals surface area contributed by atoms with Gasteiger partial charge >= 0.3 is 6.09 Å². The number of hydrogen-bond acceptors (Lipinski definition) is 6. The highest BCUT2D eigenvalue weighted by molar-refractivity contribution is 7.92. The van der Waals surface area contributed by atoms with E-state index in [1.807, 2.05) is 24.3 Å². The average Bonchev–Trinajstić information content (AvgIpc) is 2.77. The summed E-state index contributed by atoms with van der Waals surface area (Å²) in [6.45, 7) is 4.44. The minimum atomic E-state index is -3.30. The second-order valence-corrected chi connectivity index (χ2v) is 9.59. The third-order valence-corrected chi connectivity index (χ3v) is 5.69. The molecule has 0 spiro atoms. The van der Waals surface area contributed by atoms with Crippen LogP contribution in [0.3, 0.4) is 0 Å². The summed E-state index contributed by atoms with van der Waals surface area (Å²) in [6.07, 6.45) is 2.45. The van der Waals surface area contributed by atoms with Gasteiger partial charge in [0.15, 0.2) is 6.61 Å². The predicted octanol–water partition coefficient (Wildman–Crippen LogP) is 3.56. The van der Waals surface area contributed by atoms with Gasteiger partial charge in [-0.05, 0) is 61.7 Å². The van der Waals surface area contributed by atoms with Gasteiger partial charge in [0.1, 0.15) is 11.5 Å². The number of amides is 1. The van der Waals surface area contributed by atoms with E-state index in [0.717, 1.165) is 38.7 Å². The molecule has 1 fully saturated rings. The topological polar surface area (TPSA) is 97.0 Å². The molecule has 2 N–H and O–H groups in total. The van der Waals surface area contributed by atoms with Crippen LogP contribution in [0.4, 0.5) is 10.5 Å². The van der Waals surface area contributed by atoms with Gasteiger partial charge in [0.05, 0.1) is 6.26 Å². The van der Waals surface area contributed by atoms with Gasteiger partial charge in [-0.1, -0.05) is 18.1 Å². The highest BCUT2D eigenvalue weighted by Crippen LogP contribution is 2.24. The van der Waals surface area contributed by atoms with Crippen LogP contribution < -0.4 is 14.8 Å². The van der Waals surface area contributed by atoms with Crippen molar-refractivity contribution in [1.82, 2.24) is 10.2 Å². The molecular formula is C24H29N3O5S. The van der Waals surface area contributed by atoms with Crippen molar-refractivity contribution in [2.75, 3.05) is 30.7 Å². The van der Waals surface area contributed by atoms with Gasteiger partial charge in [-0.2, -0.15) is 0 Å². The van der Waals surface area contributed by atoms with E-state index in [2.05, 4.69) is 26.8 Å². The lowest BCUT2D eigenvalue weighted by atomic mass is 10.0. The summed E-state index contributed by atoms with van der Waals surface area (Å²) in [4.78, 5) is 14.1. The van der Waals surface area contributed by atoms with Crippen molar-refractivity contribution in [3.8, 4) is 23.3 Å². The van der Waals surface area contributed by atoms with Gasteiger partial charge in [0.2, 0.25) is 10.0 Å². The standard InChI is InChI=1S/C24H29N3O5S/c1-3-4-17-31-24(28)25-20-13-15-27(16-14-20)18-19-5-9-22(10-6-19)32-23-11-7-21(8-12-23)26-33(2,29)30/h5-12,20,26H,13-18H2,1-2H3,(H,25,28). The molecule has 1 amide bonds. The first-order valence-corrected chi connectivity index (χ1v) is 12.6. The molecule has 33 heavy (non-hydrogen) atoms. The molecule has 2 aromatic rings. The van der Waals surface area contributed by atoms with Crippen molar-refractivity contribution in [2.24, 2.45) is 0 Å². The summed E-state index contributed by atoms with van der Waals surface area (Å²) < 4.78 is 35.8. The number of rotatable bonds is 8. The van der Waals surface area contributed by atoms with Crippen molar-refractivity contribution in [1.29, 1.82) is 0 Å². The summed E-state index contributed by atoms with van der Waals surface area (Å²) in [5, 5.41) is 2.90. The third kappa shape index (κ3) is 8.67. The van der Waals surface area contributed by atoms with Crippen molar-refractivity contribution >= 4 is 21.8 Å². The number of anilines is 1. The van der Waals surface area contributed by atoms with Gasteiger partial charge in [-0.15, -0.1) is 5.92 Å². The molecule has 2 aromatic carbocycles. The minimum absolute atomic E-state index is 0.118. The van der Waals surface area contributed by atoms with Crippen LogP contribution in [-0.4, -0.2) is 51.4 Å². The van der Waals surface area contributed by atoms with Crippen LogP contribution in [0.15, 0.2) is 48.5 Å². The molecule has 0 aromatic heterocycles. The van der Waals surface area contributed by atoms with Crippen molar-refractivity contribution in [3.63, 3.8) is 0 Å². The zero-order valence-corrected chi connectivity index (χ0v) is 19.7. The normalized spacial score (nSPS) is 14.6. The van der Waals surface area contributed by atoms with Crippen LogP contribution in [0.1, 0.15) is 25.3 Å². The molecule has 176 valence electrons. The SMILES string of the molecule is CC#CCOC(=O)NC1CCN(Cc2ccc(Oc3ccc(NS(C)(=O)=O)cc3)cc2)CC1. The highest BCUT2D eigenvalue weighted by Gasteiger charge is 2.21. The summed E-state index contributed by atoms with van der Waals surface area (Å²) >= 11 is 0. The van der Waals surface area contributed by atoms with Gasteiger partial charge in [0.25, 0.3) is 0 Å². The summed E-state index contributed by atoms with van der Waals surface area (Å²) in [7, 11) is -3.30. The number of sulfonamides is 1. The fraction of sp³-hybridized carbons (Fsp3) is 0.375. The molecule has 8 nitrogen and oxygen atoms in total. The van der Waals surface area contributed by atoms with E-state index >= 15 is 0 Å². The number of alkyl carbamates (subject to hydrolysis) is 1. The fourth-order valence-corrected chi connectivity index (χ4v) is 4.04. The number of likely N-dealkylation sites (tertiary alicyclic amines) is 1. The maximum atomic E-state index is 11.7. The lowest BCUT2D eigenvalue weighted by Crippen LogP contribution is -2.44. The molecule has 0 bridgehead atoms. The lowest BCUT2D eigenvalue weighted by molar-refractivity contribution is 0.142. The average molecular weight is 472 g/mol. The number of benzene rings is 2. The number of hydrogen-bond donors (Lipinski definition) is 2. The van der Waals surface area contributed by atoms with Crippen molar-refractivity contribution < 1.29 is 22.7 Å². The van der Waals surface area contributed by atoms with Crippen LogP contribution >= 0.6 is 0 Å². The molecule has 0 radical (unpaired) electrons. The second-order valence-electron chi connectivity index (χ2n) is 7.84. The maximum absolute atomic E-state index is 11.7. The molecule has 9 heteroatoms. The Morgan fingerprint density at radius 1 is 1.06 bits per heavy atom. The van der Waals surface area contributed by atoms with E-state index in [4.69, 9.17) is 9.47 Å². The molecule has 1 aliphatic rings. The Bertz CT molecular complexity index is 1080. The zero-order valence-electron chi connectivity index (χ0n) is 18.8. The fourth-order valence-electron chi connectivity index (χ4n) is 3.48. The molecule has 3 rings (SSSR count). The molecule has 1 saturated heterocycles. The first-order chi connectivity index (χ1) is 15.8. The number of piperidine rings is 1. The molecule has 0 unspecified atom stereocenters. The Hall–Kier alpha value is -3.22. The molecule has 0 saturated carbocycles. The quantitative estimate of drug-likeness (QED) is 0.572. The number of carbonyl (C=O) groups excluding carboxylic acids is 1. The Morgan fingerprint density at radius 3 is 2.24 bits per heavy atom. The van der Waals surface area contributed by atoms with E-state index in [0.29, 0.717) is 17.2 Å². The minimum Gasteiger partial charge on any atom is -0.457 e. The first-order valence-electron chi connectivity index (χ1n) is 10.7. The Balaban J connectivity index is 1.43. The molecule has 1 aliphatic heterocycles. The van der Waals surface area contributed by atoms with Crippen LogP contribution in [0, 0.1) is 11.8 Å². The van der Waals surface area contributed by atoms with Crippen LogP contribution in [0.2, 0.25) is 0 Å². The van der Waals surface area contributed by atoms with Crippen LogP contribution in [0.25, 0.3) is 0 Å². The van der Waals surface area contributed by atoms with E-state index in [9.17, 15) is 13.2 Å². The van der Waals surface area contributed by atoms with E-state index < -0.39 is 16.1 Å². The number of ether oxygens (including phenoxy) is 2. The highest BCUT2D eigenvalue weighted by atomic mass is 32.2. The first kappa shape index (κ1) is 24.4. The predicted molar refractivity (Wildman–Crippen MR) is 128 cm³/mol. The van der Waals surface area contributed by atoms with E-state index in [-0.39, 0.29) is 12.6 Å². The lowest BCUT2D eigenvalue weighted by Gasteiger charge is -2.32. The Kier molecular flexibility index (Phi) is 8.58. The van der Waals surface area contributed by atoms with Gasteiger partial charge in [-0.3, -0.25) is 9.62 Å². The van der Waals surface area contributed by atoms with E-state index in [1.165, 1.54) is 5.56 Å². The molecule has 0 aliphatic carbocycles. The van der Waals surface area contributed by atoms with Crippen molar-refractivity contribution in [3.05, 3.63) is 54.1 Å². The van der Waals surface area contributed by atoms with Gasteiger partial charge in [0, 0.05) is 31.4 Å². The Labute approximate surface area is 195 Å². The smallest absolute Gasteiger partial charge is 0.408 e. The number of nitrogens with one attached hydrogen (secondary N) is 2. The zero-order chi connectivity index (χ0) is 23.7. The summed E-state index contributed by atoms with van der Waals surface area (Å²) in [6, 6.07) is 14.8. The number of carbonyl (C=O) groups is 1. The van der Waals surface area contributed by atoms with E-state index in [1.54, 1.807) is 31.2 Å². The summed E-state index contributed by atoms with van der Waals surface area (Å²) in [5.74, 6) is 6.72. The maximum Gasteiger partial charge on any atom is 0.408 e. The largest absolute Gasteiger partial charge is 0.457 e. The van der Waals surface area contributed by atoms with Gasteiger partial charge in [-0.25, -0.2) is 13.2 Å². The van der Waals surface area contributed by atoms with Gasteiger partial charge < -0.3 is 14.8 Å². The number of nitrogens with zero attached hydrogens (tertiary/aromatic N) is 1. The monoisotopic (exact) mass is 471 g/mol. The molecule has 0 atom stereocenters. The van der Waals surface area contributed by atoms with Crippen LogP contribution in [0.5, 0.6) is 11.5 Å². The van der Waals surface area contributed by atoms with Crippen molar-refractivity contribution in [2.45, 2.75) is 32.4 Å². The second kappa shape index (κ2) is 11.6.